The van der Waals surface area contributed by atoms with Crippen LogP contribution in [0.5, 0.6) is 0 Å². The van der Waals surface area contributed by atoms with Crippen LogP contribution in [0.25, 0.3) is 0 Å². The van der Waals surface area contributed by atoms with Crippen LogP contribution in [0.1, 0.15) is 58.3 Å². The lowest BCUT2D eigenvalue weighted by atomic mass is 10.2. The van der Waals surface area contributed by atoms with Gasteiger partial charge in [0.25, 0.3) is 0 Å². The van der Waals surface area contributed by atoms with Gasteiger partial charge in [-0.2, -0.15) is 0 Å². The third-order valence-electron chi connectivity index (χ3n) is 5.44. The molecule has 1 spiro atoms. The Morgan fingerprint density at radius 3 is 2.65 bits per heavy atom. The number of carbonyl (C=O) groups excluding carboxylic acids is 1. The molecule has 1 amide bonds. The Kier molecular flexibility index (Phi) is 4.04. The van der Waals surface area contributed by atoms with E-state index >= 15 is 0 Å². The molecular formula is C16H29N3O. The molecule has 4 heteroatoms. The molecule has 1 atom stereocenters. The van der Waals surface area contributed by atoms with Gasteiger partial charge in [0.05, 0.1) is 11.7 Å². The standard InChI is InChI=1S/C16H29N3O/c1-3-6-14-17-16(9-10-16)15(20)19(14)12-11-18(2)13-7-4-5-8-13/h13-14,17H,3-12H2,1-2H3. The van der Waals surface area contributed by atoms with E-state index in [1.54, 1.807) is 0 Å². The van der Waals surface area contributed by atoms with Crippen molar-refractivity contribution in [3.05, 3.63) is 0 Å². The van der Waals surface area contributed by atoms with E-state index in [4.69, 9.17) is 0 Å². The zero-order chi connectivity index (χ0) is 14.2. The summed E-state index contributed by atoms with van der Waals surface area (Å²) in [4.78, 5) is 17.2. The van der Waals surface area contributed by atoms with Crippen LogP contribution in [0.2, 0.25) is 0 Å². The number of rotatable bonds is 6. The highest BCUT2D eigenvalue weighted by Gasteiger charge is 2.58. The fourth-order valence-corrected chi connectivity index (χ4v) is 3.91. The Morgan fingerprint density at radius 2 is 2.05 bits per heavy atom. The van der Waals surface area contributed by atoms with E-state index in [2.05, 4.69) is 29.1 Å². The van der Waals surface area contributed by atoms with Gasteiger partial charge in [-0.1, -0.05) is 26.2 Å². The molecule has 3 fully saturated rings. The van der Waals surface area contributed by atoms with E-state index in [0.29, 0.717) is 5.91 Å². The van der Waals surface area contributed by atoms with Crippen molar-refractivity contribution in [2.75, 3.05) is 20.1 Å². The number of carbonyl (C=O) groups is 1. The van der Waals surface area contributed by atoms with Crippen molar-refractivity contribution >= 4 is 5.91 Å². The monoisotopic (exact) mass is 279 g/mol. The lowest BCUT2D eigenvalue weighted by Crippen LogP contribution is -2.43. The maximum atomic E-state index is 12.6. The zero-order valence-corrected chi connectivity index (χ0v) is 13.0. The minimum atomic E-state index is -0.147. The van der Waals surface area contributed by atoms with Crippen molar-refractivity contribution in [2.45, 2.75) is 76.0 Å². The first kappa shape index (κ1) is 14.3. The Labute approximate surface area is 122 Å². The quantitative estimate of drug-likeness (QED) is 0.807. The molecule has 0 aromatic carbocycles. The van der Waals surface area contributed by atoms with Gasteiger partial charge in [-0.15, -0.1) is 0 Å². The van der Waals surface area contributed by atoms with E-state index in [9.17, 15) is 4.79 Å². The first-order valence-corrected chi connectivity index (χ1v) is 8.45. The molecule has 1 aliphatic heterocycles. The lowest BCUT2D eigenvalue weighted by Gasteiger charge is -2.29. The molecule has 0 bridgehead atoms. The summed E-state index contributed by atoms with van der Waals surface area (Å²) in [6.07, 6.45) is 10.0. The normalized spacial score (nSPS) is 29.1. The van der Waals surface area contributed by atoms with Crippen molar-refractivity contribution in [3.8, 4) is 0 Å². The minimum Gasteiger partial charge on any atom is -0.324 e. The summed E-state index contributed by atoms with van der Waals surface area (Å²) in [5, 5.41) is 3.59. The van der Waals surface area contributed by atoms with E-state index in [-0.39, 0.29) is 11.7 Å². The van der Waals surface area contributed by atoms with Crippen molar-refractivity contribution in [1.29, 1.82) is 0 Å². The Hall–Kier alpha value is -0.610. The van der Waals surface area contributed by atoms with Gasteiger partial charge in [0.1, 0.15) is 0 Å². The molecule has 1 unspecified atom stereocenters. The van der Waals surface area contributed by atoms with Crippen LogP contribution in [0.3, 0.4) is 0 Å². The molecule has 4 nitrogen and oxygen atoms in total. The summed E-state index contributed by atoms with van der Waals surface area (Å²) in [7, 11) is 2.23. The molecule has 1 heterocycles. The molecule has 0 aromatic heterocycles. The van der Waals surface area contributed by atoms with Crippen LogP contribution >= 0.6 is 0 Å². The van der Waals surface area contributed by atoms with Gasteiger partial charge in [-0.3, -0.25) is 10.1 Å². The van der Waals surface area contributed by atoms with Crippen molar-refractivity contribution in [3.63, 3.8) is 0 Å². The third kappa shape index (κ3) is 2.60. The third-order valence-corrected chi connectivity index (χ3v) is 5.44. The highest BCUT2D eigenvalue weighted by molar-refractivity contribution is 5.91. The Morgan fingerprint density at radius 1 is 1.35 bits per heavy atom. The minimum absolute atomic E-state index is 0.147. The maximum absolute atomic E-state index is 12.6. The highest BCUT2D eigenvalue weighted by Crippen LogP contribution is 2.42. The van der Waals surface area contributed by atoms with Gasteiger partial charge in [-0.05, 0) is 39.2 Å². The average Bonchev–Trinajstić information content (AvgIpc) is 2.92. The van der Waals surface area contributed by atoms with Gasteiger partial charge < -0.3 is 9.80 Å². The number of nitrogens with zero attached hydrogens (tertiary/aromatic N) is 2. The molecule has 2 saturated carbocycles. The maximum Gasteiger partial charge on any atom is 0.244 e. The Bertz CT molecular complexity index is 361. The van der Waals surface area contributed by atoms with Gasteiger partial charge in [0.15, 0.2) is 0 Å². The van der Waals surface area contributed by atoms with Gasteiger partial charge in [0, 0.05) is 19.1 Å². The molecule has 2 aliphatic carbocycles. The highest BCUT2D eigenvalue weighted by atomic mass is 16.2. The molecule has 3 rings (SSSR count). The number of nitrogens with one attached hydrogen (secondary N) is 1. The summed E-state index contributed by atoms with van der Waals surface area (Å²) in [5.74, 6) is 0.371. The second-order valence-electron chi connectivity index (χ2n) is 6.95. The van der Waals surface area contributed by atoms with E-state index in [1.165, 1.54) is 25.7 Å². The van der Waals surface area contributed by atoms with E-state index in [0.717, 1.165) is 44.8 Å². The van der Waals surface area contributed by atoms with Crippen LogP contribution in [0.4, 0.5) is 0 Å². The fourth-order valence-electron chi connectivity index (χ4n) is 3.91. The summed E-state index contributed by atoms with van der Waals surface area (Å²) in [6, 6.07) is 0.750. The largest absolute Gasteiger partial charge is 0.324 e. The van der Waals surface area contributed by atoms with Crippen molar-refractivity contribution < 1.29 is 4.79 Å². The SMILES string of the molecule is CCCC1NC2(CC2)C(=O)N1CCN(C)C1CCCC1. The smallest absolute Gasteiger partial charge is 0.244 e. The predicted molar refractivity (Wildman–Crippen MR) is 80.4 cm³/mol. The van der Waals surface area contributed by atoms with Crippen molar-refractivity contribution in [1.82, 2.24) is 15.1 Å². The Balaban J connectivity index is 1.55. The van der Waals surface area contributed by atoms with Crippen LogP contribution in [-0.4, -0.2) is 53.6 Å². The van der Waals surface area contributed by atoms with Gasteiger partial charge in [0.2, 0.25) is 5.91 Å². The van der Waals surface area contributed by atoms with Gasteiger partial charge in [-0.25, -0.2) is 0 Å². The molecular weight excluding hydrogens is 250 g/mol. The number of likely N-dealkylation sites (N-methyl/N-ethyl adjacent to an activating group) is 1. The molecule has 1 saturated heterocycles. The average molecular weight is 279 g/mol. The van der Waals surface area contributed by atoms with Crippen LogP contribution in [-0.2, 0) is 4.79 Å². The molecule has 0 aromatic rings. The van der Waals surface area contributed by atoms with Crippen LogP contribution < -0.4 is 5.32 Å². The summed E-state index contributed by atoms with van der Waals surface area (Å²) >= 11 is 0. The van der Waals surface area contributed by atoms with Crippen LogP contribution in [0, 0.1) is 0 Å². The molecule has 20 heavy (non-hydrogen) atoms. The summed E-state index contributed by atoms with van der Waals surface area (Å²) in [5.41, 5.74) is -0.147. The molecule has 1 N–H and O–H groups in total. The lowest BCUT2D eigenvalue weighted by molar-refractivity contribution is -0.131. The number of amides is 1. The van der Waals surface area contributed by atoms with Crippen LogP contribution in [0.15, 0.2) is 0 Å². The molecule has 0 radical (unpaired) electrons. The fraction of sp³-hybridized carbons (Fsp3) is 0.938. The van der Waals surface area contributed by atoms with E-state index in [1.807, 2.05) is 0 Å². The number of hydrogen-bond donors (Lipinski definition) is 1. The second kappa shape index (κ2) is 5.64. The summed E-state index contributed by atoms with van der Waals surface area (Å²) < 4.78 is 0. The zero-order valence-electron chi connectivity index (χ0n) is 13.0. The second-order valence-corrected chi connectivity index (χ2v) is 6.95. The summed E-state index contributed by atoms with van der Waals surface area (Å²) in [6.45, 7) is 4.12. The first-order chi connectivity index (χ1) is 9.66. The first-order valence-electron chi connectivity index (χ1n) is 8.45. The van der Waals surface area contributed by atoms with E-state index < -0.39 is 0 Å². The van der Waals surface area contributed by atoms with Gasteiger partial charge >= 0.3 is 0 Å². The predicted octanol–water partition coefficient (Wildman–Crippen LogP) is 1.95. The number of hydrogen-bond acceptors (Lipinski definition) is 3. The molecule has 3 aliphatic rings. The van der Waals surface area contributed by atoms with Crippen molar-refractivity contribution in [2.24, 2.45) is 0 Å². The molecule has 114 valence electrons. The topological polar surface area (TPSA) is 35.6 Å².